The lowest BCUT2D eigenvalue weighted by Gasteiger charge is -2.26. The van der Waals surface area contributed by atoms with Crippen LogP contribution in [0.3, 0.4) is 0 Å². The molecule has 0 amide bonds. The van der Waals surface area contributed by atoms with Crippen molar-refractivity contribution in [3.05, 3.63) is 188 Å². The van der Waals surface area contributed by atoms with E-state index in [1.165, 1.54) is 49.2 Å². The average Bonchev–Trinajstić information content (AvgIpc) is 3.57. The number of benzene rings is 9. The lowest BCUT2D eigenvalue weighted by Crippen LogP contribution is -2.09. The van der Waals surface area contributed by atoms with Gasteiger partial charge in [-0.05, 0) is 91.6 Å². The fourth-order valence-corrected chi connectivity index (χ4v) is 7.61. The first kappa shape index (κ1) is 28.4. The molecular weight excluding hydrogens is 607 g/mol. The van der Waals surface area contributed by atoms with E-state index in [0.717, 1.165) is 44.4 Å². The molecule has 0 saturated heterocycles. The topological polar surface area (TPSA) is 16.4 Å². The highest BCUT2D eigenvalue weighted by Crippen LogP contribution is 2.41. The second-order valence-electron chi connectivity index (χ2n) is 12.9. The van der Waals surface area contributed by atoms with Crippen LogP contribution in [0.15, 0.2) is 192 Å². The van der Waals surface area contributed by atoms with Crippen molar-refractivity contribution in [1.29, 1.82) is 0 Å². The van der Waals surface area contributed by atoms with Gasteiger partial charge in [-0.1, -0.05) is 140 Å². The maximum Gasteiger partial charge on any atom is 0.143 e. The van der Waals surface area contributed by atoms with E-state index in [-0.39, 0.29) is 0 Å². The van der Waals surface area contributed by atoms with Crippen molar-refractivity contribution in [2.75, 3.05) is 4.90 Å². The molecule has 0 atom stereocenters. The molecule has 10 aromatic rings. The highest BCUT2D eigenvalue weighted by atomic mass is 16.3. The van der Waals surface area contributed by atoms with Crippen LogP contribution in [0.5, 0.6) is 0 Å². The van der Waals surface area contributed by atoms with E-state index in [1.807, 2.05) is 0 Å². The van der Waals surface area contributed by atoms with Gasteiger partial charge in [-0.2, -0.15) is 0 Å². The molecule has 2 nitrogen and oxygen atoms in total. The molecular formula is C48H31NO. The van der Waals surface area contributed by atoms with Gasteiger partial charge < -0.3 is 9.32 Å². The average molecular weight is 638 g/mol. The number of rotatable bonds is 5. The fraction of sp³-hybridized carbons (Fsp3) is 0. The summed E-state index contributed by atoms with van der Waals surface area (Å²) in [4.78, 5) is 2.32. The summed E-state index contributed by atoms with van der Waals surface area (Å²) in [5.74, 6) is 0. The Balaban J connectivity index is 1.11. The Kier molecular flexibility index (Phi) is 6.53. The van der Waals surface area contributed by atoms with Crippen molar-refractivity contribution in [2.45, 2.75) is 0 Å². The van der Waals surface area contributed by atoms with Crippen molar-refractivity contribution in [3.8, 4) is 22.3 Å². The van der Waals surface area contributed by atoms with Crippen LogP contribution in [0.4, 0.5) is 17.1 Å². The van der Waals surface area contributed by atoms with E-state index >= 15 is 0 Å². The molecule has 0 radical (unpaired) electrons. The van der Waals surface area contributed by atoms with Gasteiger partial charge in [-0.25, -0.2) is 0 Å². The van der Waals surface area contributed by atoms with Crippen molar-refractivity contribution in [1.82, 2.24) is 0 Å². The molecule has 0 bridgehead atoms. The van der Waals surface area contributed by atoms with Crippen LogP contribution in [-0.4, -0.2) is 0 Å². The molecule has 0 aliphatic carbocycles. The molecule has 0 fully saturated rings. The van der Waals surface area contributed by atoms with E-state index in [1.54, 1.807) is 0 Å². The Morgan fingerprint density at radius 1 is 0.320 bits per heavy atom. The molecule has 2 heteroatoms. The normalized spacial score (nSPS) is 11.6. The quantitative estimate of drug-likeness (QED) is 0.187. The standard InChI is InChI=1S/C48H31NO/c1-4-14-40-32(9-1)12-7-17-42(40)35-19-24-37(25-20-35)49(38-26-21-36(22-27-38)43-18-8-13-33-10-2-5-15-41(33)43)39-28-30-45-46-29-23-34-11-3-6-16-44(34)48(46)50-47(45)31-39/h1-31H. The number of nitrogens with zero attached hydrogens (tertiary/aromatic N) is 1. The molecule has 0 unspecified atom stereocenters. The van der Waals surface area contributed by atoms with E-state index in [0.29, 0.717) is 0 Å². The number of anilines is 3. The zero-order chi connectivity index (χ0) is 33.0. The highest BCUT2D eigenvalue weighted by molar-refractivity contribution is 6.15. The van der Waals surface area contributed by atoms with Crippen LogP contribution in [-0.2, 0) is 0 Å². The molecule has 1 aromatic heterocycles. The van der Waals surface area contributed by atoms with E-state index in [4.69, 9.17) is 4.42 Å². The van der Waals surface area contributed by atoms with Crippen LogP contribution >= 0.6 is 0 Å². The van der Waals surface area contributed by atoms with Crippen LogP contribution in [0, 0.1) is 0 Å². The van der Waals surface area contributed by atoms with E-state index in [2.05, 4.69) is 193 Å². The molecule has 1 heterocycles. The van der Waals surface area contributed by atoms with Crippen molar-refractivity contribution < 1.29 is 4.42 Å². The number of hydrogen-bond acceptors (Lipinski definition) is 2. The largest absolute Gasteiger partial charge is 0.455 e. The number of fused-ring (bicyclic) bond motifs is 7. The lowest BCUT2D eigenvalue weighted by atomic mass is 9.97. The second kappa shape index (κ2) is 11.5. The molecule has 0 spiro atoms. The van der Waals surface area contributed by atoms with E-state index in [9.17, 15) is 0 Å². The zero-order valence-corrected chi connectivity index (χ0v) is 27.3. The van der Waals surface area contributed by atoms with Gasteiger partial charge in [-0.15, -0.1) is 0 Å². The van der Waals surface area contributed by atoms with Gasteiger partial charge in [-0.3, -0.25) is 0 Å². The van der Waals surface area contributed by atoms with Gasteiger partial charge in [0.25, 0.3) is 0 Å². The van der Waals surface area contributed by atoms with Gasteiger partial charge in [0, 0.05) is 39.3 Å². The first-order valence-corrected chi connectivity index (χ1v) is 17.1. The van der Waals surface area contributed by atoms with Gasteiger partial charge >= 0.3 is 0 Å². The Hall–Kier alpha value is -6.64. The molecule has 50 heavy (non-hydrogen) atoms. The predicted octanol–water partition coefficient (Wildman–Crippen LogP) is 13.8. The SMILES string of the molecule is c1ccc2c(-c3ccc(N(c4ccc(-c5cccc6ccccc56)cc4)c4ccc5c(c4)oc4c6ccccc6ccc54)cc3)cccc2c1. The van der Waals surface area contributed by atoms with Crippen LogP contribution < -0.4 is 4.90 Å². The van der Waals surface area contributed by atoms with Gasteiger partial charge in [0.1, 0.15) is 11.2 Å². The first-order valence-electron chi connectivity index (χ1n) is 17.1. The third-order valence-corrected chi connectivity index (χ3v) is 10.1. The third kappa shape index (κ3) is 4.65. The zero-order valence-electron chi connectivity index (χ0n) is 27.3. The molecule has 0 aliphatic heterocycles. The molecule has 0 saturated carbocycles. The minimum atomic E-state index is 0.874. The monoisotopic (exact) mass is 637 g/mol. The minimum absolute atomic E-state index is 0.874. The smallest absolute Gasteiger partial charge is 0.143 e. The van der Waals surface area contributed by atoms with Crippen LogP contribution in [0.1, 0.15) is 0 Å². The number of furan rings is 1. The molecule has 234 valence electrons. The van der Waals surface area contributed by atoms with E-state index < -0.39 is 0 Å². The summed E-state index contributed by atoms with van der Waals surface area (Å²) < 4.78 is 6.64. The van der Waals surface area contributed by atoms with Crippen LogP contribution in [0.25, 0.3) is 76.5 Å². The van der Waals surface area contributed by atoms with Crippen molar-refractivity contribution in [2.24, 2.45) is 0 Å². The van der Waals surface area contributed by atoms with Crippen molar-refractivity contribution in [3.63, 3.8) is 0 Å². The third-order valence-electron chi connectivity index (χ3n) is 10.1. The predicted molar refractivity (Wildman–Crippen MR) is 212 cm³/mol. The van der Waals surface area contributed by atoms with Gasteiger partial charge in [0.2, 0.25) is 0 Å². The Morgan fingerprint density at radius 3 is 1.36 bits per heavy atom. The Labute approximate surface area is 290 Å². The van der Waals surface area contributed by atoms with Gasteiger partial charge in [0.15, 0.2) is 0 Å². The maximum absolute atomic E-state index is 6.64. The molecule has 0 aliphatic rings. The molecule has 10 rings (SSSR count). The summed E-state index contributed by atoms with van der Waals surface area (Å²) in [6.07, 6.45) is 0. The fourth-order valence-electron chi connectivity index (χ4n) is 7.61. The maximum atomic E-state index is 6.64. The van der Waals surface area contributed by atoms with Crippen molar-refractivity contribution >= 4 is 71.3 Å². The summed E-state index contributed by atoms with van der Waals surface area (Å²) in [5, 5.41) is 9.56. The van der Waals surface area contributed by atoms with Crippen LogP contribution in [0.2, 0.25) is 0 Å². The molecule has 0 N–H and O–H groups in total. The summed E-state index contributed by atoms with van der Waals surface area (Å²) in [6, 6.07) is 67.5. The summed E-state index contributed by atoms with van der Waals surface area (Å²) in [5.41, 5.74) is 9.84. The minimum Gasteiger partial charge on any atom is -0.455 e. The summed E-state index contributed by atoms with van der Waals surface area (Å²) in [6.45, 7) is 0. The lowest BCUT2D eigenvalue weighted by molar-refractivity contribution is 0.672. The summed E-state index contributed by atoms with van der Waals surface area (Å²) >= 11 is 0. The Morgan fingerprint density at radius 2 is 0.780 bits per heavy atom. The summed E-state index contributed by atoms with van der Waals surface area (Å²) in [7, 11) is 0. The molecule has 9 aromatic carbocycles. The first-order chi connectivity index (χ1) is 24.8. The Bertz CT molecular complexity index is 2730. The van der Waals surface area contributed by atoms with Gasteiger partial charge in [0.05, 0.1) is 0 Å². The highest BCUT2D eigenvalue weighted by Gasteiger charge is 2.17. The second-order valence-corrected chi connectivity index (χ2v) is 12.9. The number of hydrogen-bond donors (Lipinski definition) is 0.